The van der Waals surface area contributed by atoms with Crippen molar-refractivity contribution >= 4 is 15.9 Å². The number of aromatic nitrogens is 2. The highest BCUT2D eigenvalue weighted by atomic mass is 79.9. The van der Waals surface area contributed by atoms with Crippen LogP contribution in [0, 0.1) is 6.92 Å². The Morgan fingerprint density at radius 1 is 1.35 bits per heavy atom. The molecule has 3 nitrogen and oxygen atoms in total. The maximum Gasteiger partial charge on any atom is 0.110 e. The van der Waals surface area contributed by atoms with Gasteiger partial charge >= 0.3 is 0 Å². The SMILES string of the molecule is Cc1nccn1-c1ccc(C(C)(C)N)cc1Br. The Kier molecular flexibility index (Phi) is 3.10. The molecular weight excluding hydrogens is 278 g/mol. The van der Waals surface area contributed by atoms with Crippen LogP contribution in [-0.2, 0) is 5.54 Å². The van der Waals surface area contributed by atoms with Gasteiger partial charge in [0, 0.05) is 22.4 Å². The summed E-state index contributed by atoms with van der Waals surface area (Å²) in [4.78, 5) is 4.22. The van der Waals surface area contributed by atoms with E-state index in [2.05, 4.69) is 39.1 Å². The molecule has 0 saturated heterocycles. The van der Waals surface area contributed by atoms with E-state index in [-0.39, 0.29) is 5.54 Å². The molecule has 1 heterocycles. The first-order valence-electron chi connectivity index (χ1n) is 5.49. The van der Waals surface area contributed by atoms with Gasteiger partial charge in [0.1, 0.15) is 5.82 Å². The van der Waals surface area contributed by atoms with E-state index in [1.807, 2.05) is 31.5 Å². The van der Waals surface area contributed by atoms with Crippen molar-refractivity contribution in [1.82, 2.24) is 9.55 Å². The number of benzene rings is 1. The van der Waals surface area contributed by atoms with E-state index in [9.17, 15) is 0 Å². The number of hydrogen-bond donors (Lipinski definition) is 1. The summed E-state index contributed by atoms with van der Waals surface area (Å²) in [5, 5.41) is 0. The van der Waals surface area contributed by atoms with Crippen molar-refractivity contribution in [2.75, 3.05) is 0 Å². The number of nitrogens with two attached hydrogens (primary N) is 1. The molecule has 0 unspecified atom stereocenters. The highest BCUT2D eigenvalue weighted by Gasteiger charge is 2.16. The molecule has 0 aliphatic carbocycles. The van der Waals surface area contributed by atoms with Crippen LogP contribution in [0.2, 0.25) is 0 Å². The second-order valence-corrected chi connectivity index (χ2v) is 5.59. The van der Waals surface area contributed by atoms with Gasteiger partial charge in [0.2, 0.25) is 0 Å². The van der Waals surface area contributed by atoms with E-state index in [0.29, 0.717) is 0 Å². The molecule has 2 N–H and O–H groups in total. The van der Waals surface area contributed by atoms with Crippen molar-refractivity contribution in [3.05, 3.63) is 46.5 Å². The number of hydrogen-bond acceptors (Lipinski definition) is 2. The third kappa shape index (κ3) is 2.42. The predicted octanol–water partition coefficient (Wildman–Crippen LogP) is 3.14. The van der Waals surface area contributed by atoms with E-state index in [4.69, 9.17) is 5.73 Å². The summed E-state index contributed by atoms with van der Waals surface area (Å²) in [6.45, 7) is 5.97. The molecule has 90 valence electrons. The maximum atomic E-state index is 6.08. The minimum absolute atomic E-state index is 0.328. The van der Waals surface area contributed by atoms with Crippen LogP contribution in [0.5, 0.6) is 0 Å². The Morgan fingerprint density at radius 2 is 2.06 bits per heavy atom. The van der Waals surface area contributed by atoms with E-state index in [1.165, 1.54) is 0 Å². The standard InChI is InChI=1S/C13H16BrN3/c1-9-16-6-7-17(9)12-5-4-10(8-11(12)14)13(2,3)15/h4-8H,15H2,1-3H3. The summed E-state index contributed by atoms with van der Waals surface area (Å²) < 4.78 is 3.06. The number of rotatable bonds is 2. The molecule has 0 aliphatic rings. The fourth-order valence-corrected chi connectivity index (χ4v) is 2.31. The molecule has 0 saturated carbocycles. The Balaban J connectivity index is 2.50. The van der Waals surface area contributed by atoms with Gasteiger partial charge in [-0.15, -0.1) is 0 Å². The lowest BCUT2D eigenvalue weighted by molar-refractivity contribution is 0.554. The van der Waals surface area contributed by atoms with Crippen LogP contribution >= 0.6 is 15.9 Å². The van der Waals surface area contributed by atoms with Gasteiger partial charge in [-0.3, -0.25) is 0 Å². The average molecular weight is 294 g/mol. The first kappa shape index (κ1) is 12.3. The smallest absolute Gasteiger partial charge is 0.110 e. The minimum Gasteiger partial charge on any atom is -0.322 e. The Labute approximate surface area is 110 Å². The normalized spacial score (nSPS) is 11.8. The van der Waals surface area contributed by atoms with Crippen LogP contribution in [0.15, 0.2) is 35.1 Å². The van der Waals surface area contributed by atoms with Crippen LogP contribution < -0.4 is 5.73 Å². The van der Waals surface area contributed by atoms with Crippen LogP contribution in [0.4, 0.5) is 0 Å². The van der Waals surface area contributed by atoms with Crippen molar-refractivity contribution in [2.24, 2.45) is 5.73 Å². The van der Waals surface area contributed by atoms with E-state index >= 15 is 0 Å². The largest absolute Gasteiger partial charge is 0.322 e. The van der Waals surface area contributed by atoms with Gasteiger partial charge in [-0.05, 0) is 54.4 Å². The van der Waals surface area contributed by atoms with Crippen LogP contribution in [0.3, 0.4) is 0 Å². The summed E-state index contributed by atoms with van der Waals surface area (Å²) in [5.74, 6) is 0.963. The molecule has 1 aromatic carbocycles. The Morgan fingerprint density at radius 3 is 2.53 bits per heavy atom. The van der Waals surface area contributed by atoms with Gasteiger partial charge in [-0.2, -0.15) is 0 Å². The van der Waals surface area contributed by atoms with Crippen molar-refractivity contribution < 1.29 is 0 Å². The molecule has 2 aromatic rings. The number of aryl methyl sites for hydroxylation is 1. The van der Waals surface area contributed by atoms with E-state index < -0.39 is 0 Å². The maximum absolute atomic E-state index is 6.08. The number of halogens is 1. The van der Waals surface area contributed by atoms with E-state index in [1.54, 1.807) is 6.20 Å². The highest BCUT2D eigenvalue weighted by molar-refractivity contribution is 9.10. The molecule has 0 aliphatic heterocycles. The topological polar surface area (TPSA) is 43.8 Å². The molecule has 0 fully saturated rings. The molecule has 0 spiro atoms. The van der Waals surface area contributed by atoms with Gasteiger partial charge in [-0.1, -0.05) is 6.07 Å². The Bertz CT molecular complexity index is 538. The number of nitrogens with zero attached hydrogens (tertiary/aromatic N) is 2. The van der Waals surface area contributed by atoms with Crippen LogP contribution in [-0.4, -0.2) is 9.55 Å². The van der Waals surface area contributed by atoms with Gasteiger partial charge < -0.3 is 10.3 Å². The summed E-state index contributed by atoms with van der Waals surface area (Å²) in [5.41, 5.74) is 7.94. The zero-order chi connectivity index (χ0) is 12.6. The van der Waals surface area contributed by atoms with Gasteiger partial charge in [0.05, 0.1) is 5.69 Å². The number of imidazole rings is 1. The third-order valence-electron chi connectivity index (χ3n) is 2.78. The third-order valence-corrected chi connectivity index (χ3v) is 3.41. The van der Waals surface area contributed by atoms with Gasteiger partial charge in [0.25, 0.3) is 0 Å². The Hall–Kier alpha value is -1.13. The molecule has 0 bridgehead atoms. The molecule has 2 rings (SSSR count). The summed E-state index contributed by atoms with van der Waals surface area (Å²) in [6.07, 6.45) is 3.74. The zero-order valence-corrected chi connectivity index (χ0v) is 11.8. The molecule has 0 atom stereocenters. The molecule has 0 radical (unpaired) electrons. The lowest BCUT2D eigenvalue weighted by Gasteiger charge is -2.20. The molecule has 17 heavy (non-hydrogen) atoms. The van der Waals surface area contributed by atoms with E-state index in [0.717, 1.165) is 21.5 Å². The van der Waals surface area contributed by atoms with Crippen molar-refractivity contribution in [3.8, 4) is 5.69 Å². The first-order chi connectivity index (χ1) is 7.89. The van der Waals surface area contributed by atoms with Gasteiger partial charge in [0.15, 0.2) is 0 Å². The fraction of sp³-hybridized carbons (Fsp3) is 0.308. The molecular formula is C13H16BrN3. The average Bonchev–Trinajstić information content (AvgIpc) is 2.63. The zero-order valence-electron chi connectivity index (χ0n) is 10.2. The summed E-state index contributed by atoms with van der Waals surface area (Å²) >= 11 is 3.59. The second kappa shape index (κ2) is 4.27. The lowest BCUT2D eigenvalue weighted by Crippen LogP contribution is -2.28. The molecule has 4 heteroatoms. The van der Waals surface area contributed by atoms with Crippen molar-refractivity contribution in [1.29, 1.82) is 0 Å². The van der Waals surface area contributed by atoms with Crippen molar-refractivity contribution in [2.45, 2.75) is 26.3 Å². The van der Waals surface area contributed by atoms with Crippen LogP contribution in [0.25, 0.3) is 5.69 Å². The summed E-state index contributed by atoms with van der Waals surface area (Å²) in [7, 11) is 0. The first-order valence-corrected chi connectivity index (χ1v) is 6.28. The highest BCUT2D eigenvalue weighted by Crippen LogP contribution is 2.27. The molecule has 1 aromatic heterocycles. The van der Waals surface area contributed by atoms with Crippen LogP contribution in [0.1, 0.15) is 25.2 Å². The lowest BCUT2D eigenvalue weighted by atomic mass is 9.95. The molecule has 0 amide bonds. The monoisotopic (exact) mass is 293 g/mol. The summed E-state index contributed by atoms with van der Waals surface area (Å²) in [6, 6.07) is 6.18. The van der Waals surface area contributed by atoms with Crippen molar-refractivity contribution in [3.63, 3.8) is 0 Å². The fourth-order valence-electron chi connectivity index (χ4n) is 1.74. The van der Waals surface area contributed by atoms with Gasteiger partial charge in [-0.25, -0.2) is 4.98 Å². The predicted molar refractivity (Wildman–Crippen MR) is 73.2 cm³/mol. The minimum atomic E-state index is -0.328. The second-order valence-electron chi connectivity index (χ2n) is 4.73. The quantitative estimate of drug-likeness (QED) is 0.924.